The van der Waals surface area contributed by atoms with Crippen molar-refractivity contribution < 1.29 is 4.79 Å². The number of fused-ring (bicyclic) bond motifs is 3. The highest BCUT2D eigenvalue weighted by molar-refractivity contribution is 6.15. The van der Waals surface area contributed by atoms with Crippen LogP contribution in [0.3, 0.4) is 0 Å². The second-order valence-electron chi connectivity index (χ2n) is 8.70. The van der Waals surface area contributed by atoms with Gasteiger partial charge in [-0.3, -0.25) is 4.79 Å². The number of benzene rings is 3. The van der Waals surface area contributed by atoms with Gasteiger partial charge >= 0.3 is 0 Å². The van der Waals surface area contributed by atoms with Gasteiger partial charge in [0, 0.05) is 11.5 Å². The zero-order valence-electron chi connectivity index (χ0n) is 16.5. The molecule has 3 nitrogen and oxygen atoms in total. The maximum atomic E-state index is 12.7. The number of nitrogens with one attached hydrogen (secondary N) is 1. The van der Waals surface area contributed by atoms with Crippen molar-refractivity contribution in [3.05, 3.63) is 59.7 Å². The zero-order valence-corrected chi connectivity index (χ0v) is 16.5. The number of nitrogens with zero attached hydrogens (tertiary/aromatic N) is 1. The number of hydrazone groups is 1. The van der Waals surface area contributed by atoms with Gasteiger partial charge in [-0.15, -0.1) is 0 Å². The molecule has 0 heterocycles. The molecule has 0 aromatic heterocycles. The molecule has 0 aliphatic heterocycles. The van der Waals surface area contributed by atoms with Crippen molar-refractivity contribution >= 4 is 33.7 Å². The molecule has 0 bridgehead atoms. The molecule has 1 amide bonds. The molecule has 1 N–H and O–H groups in total. The van der Waals surface area contributed by atoms with Gasteiger partial charge in [-0.25, -0.2) is 5.43 Å². The molecule has 2 fully saturated rings. The van der Waals surface area contributed by atoms with Crippen LogP contribution in [0.15, 0.2) is 53.6 Å². The summed E-state index contributed by atoms with van der Waals surface area (Å²) in [7, 11) is 0. The second-order valence-corrected chi connectivity index (χ2v) is 8.70. The Hall–Kier alpha value is -2.68. The van der Waals surface area contributed by atoms with Gasteiger partial charge in [0.25, 0.3) is 0 Å². The quantitative estimate of drug-likeness (QED) is 0.365. The molecule has 2 aliphatic rings. The molecule has 28 heavy (non-hydrogen) atoms. The Morgan fingerprint density at radius 2 is 1.64 bits per heavy atom. The lowest BCUT2D eigenvalue weighted by molar-refractivity contribution is -0.123. The summed E-state index contributed by atoms with van der Waals surface area (Å²) in [6.45, 7) is 4.44. The van der Waals surface area contributed by atoms with Gasteiger partial charge in [-0.1, -0.05) is 68.3 Å². The maximum Gasteiger partial charge on any atom is 0.244 e. The van der Waals surface area contributed by atoms with Crippen LogP contribution in [0.5, 0.6) is 0 Å². The Kier molecular flexibility index (Phi) is 4.01. The molecular formula is C25H26N2O. The summed E-state index contributed by atoms with van der Waals surface area (Å²) in [6.07, 6.45) is 6.70. The predicted molar refractivity (Wildman–Crippen MR) is 115 cm³/mol. The van der Waals surface area contributed by atoms with E-state index < -0.39 is 0 Å². The average Bonchev–Trinajstić information content (AvgIpc) is 3.36. The Labute approximate surface area is 165 Å². The molecule has 2 saturated carbocycles. The van der Waals surface area contributed by atoms with E-state index in [0.717, 1.165) is 5.56 Å². The van der Waals surface area contributed by atoms with E-state index >= 15 is 0 Å². The summed E-state index contributed by atoms with van der Waals surface area (Å²) in [4.78, 5) is 12.7. The average molecular weight is 370 g/mol. The van der Waals surface area contributed by atoms with Gasteiger partial charge in [0.1, 0.15) is 0 Å². The van der Waals surface area contributed by atoms with Crippen molar-refractivity contribution in [3.63, 3.8) is 0 Å². The minimum absolute atomic E-state index is 0.0892. The number of amides is 1. The fourth-order valence-electron chi connectivity index (χ4n) is 5.60. The fraction of sp³-hybridized carbons (Fsp3) is 0.360. The predicted octanol–water partition coefficient (Wildman–Crippen LogP) is 5.58. The number of hydrogen-bond acceptors (Lipinski definition) is 2. The van der Waals surface area contributed by atoms with Crippen molar-refractivity contribution in [1.29, 1.82) is 0 Å². The standard InChI is InChI=1S/C25H26N2O/c1-16-17-9-3-5-11-19(17)21(20-12-6-4-10-18(16)20)15-26-27-24(28)23-22-13-7-8-14-25(22,23)2/h3-6,9-12,15,22-23H,7-8,13-14H2,1-2H3,(H,27,28)/b26-15-/t22-,23+,25-/m1/s1. The lowest BCUT2D eigenvalue weighted by Gasteiger charge is -2.15. The molecule has 0 unspecified atom stereocenters. The molecule has 3 heteroatoms. The van der Waals surface area contributed by atoms with Crippen LogP contribution in [-0.4, -0.2) is 12.1 Å². The minimum Gasteiger partial charge on any atom is -0.273 e. The van der Waals surface area contributed by atoms with E-state index in [4.69, 9.17) is 0 Å². The summed E-state index contributed by atoms with van der Waals surface area (Å²) in [5.74, 6) is 0.780. The van der Waals surface area contributed by atoms with Crippen LogP contribution in [0.1, 0.15) is 43.7 Å². The van der Waals surface area contributed by atoms with Crippen LogP contribution in [0.2, 0.25) is 0 Å². The lowest BCUT2D eigenvalue weighted by Crippen LogP contribution is -2.22. The van der Waals surface area contributed by atoms with Crippen molar-refractivity contribution in [2.75, 3.05) is 0 Å². The molecular weight excluding hydrogens is 344 g/mol. The topological polar surface area (TPSA) is 41.5 Å². The van der Waals surface area contributed by atoms with Gasteiger partial charge in [0.05, 0.1) is 6.21 Å². The molecule has 3 aromatic carbocycles. The SMILES string of the molecule is Cc1c2ccccc2c(/C=N\NC(=O)[C@@H]2[C@H]3CCCC[C@]32C)c2ccccc12. The summed E-state index contributed by atoms with van der Waals surface area (Å²) in [5.41, 5.74) is 5.40. The molecule has 3 atom stereocenters. The first-order valence-electron chi connectivity index (χ1n) is 10.3. The number of carbonyl (C=O) groups is 1. The van der Waals surface area contributed by atoms with Crippen molar-refractivity contribution in [2.24, 2.45) is 22.4 Å². The first-order valence-corrected chi connectivity index (χ1v) is 10.3. The highest BCUT2D eigenvalue weighted by atomic mass is 16.2. The van der Waals surface area contributed by atoms with Gasteiger partial charge in [0.2, 0.25) is 5.91 Å². The van der Waals surface area contributed by atoms with E-state index in [2.05, 4.69) is 72.9 Å². The second kappa shape index (κ2) is 6.44. The first-order chi connectivity index (χ1) is 13.6. The van der Waals surface area contributed by atoms with Crippen molar-refractivity contribution in [2.45, 2.75) is 39.5 Å². The zero-order chi connectivity index (χ0) is 19.3. The van der Waals surface area contributed by atoms with E-state index in [1.165, 1.54) is 52.8 Å². The Bertz CT molecular complexity index is 1060. The maximum absolute atomic E-state index is 12.7. The molecule has 142 valence electrons. The van der Waals surface area contributed by atoms with Gasteiger partial charge < -0.3 is 0 Å². The van der Waals surface area contributed by atoms with Gasteiger partial charge in [-0.05, 0) is 58.2 Å². The fourth-order valence-corrected chi connectivity index (χ4v) is 5.60. The third-order valence-electron chi connectivity index (χ3n) is 7.22. The Morgan fingerprint density at radius 1 is 1.04 bits per heavy atom. The third-order valence-corrected chi connectivity index (χ3v) is 7.22. The summed E-state index contributed by atoms with van der Waals surface area (Å²) in [5, 5.41) is 9.20. The summed E-state index contributed by atoms with van der Waals surface area (Å²) in [6, 6.07) is 16.8. The normalized spacial score (nSPS) is 26.5. The van der Waals surface area contributed by atoms with E-state index in [-0.39, 0.29) is 17.2 Å². The van der Waals surface area contributed by atoms with E-state index in [9.17, 15) is 4.79 Å². The minimum atomic E-state index is 0.0892. The molecule has 3 aromatic rings. The van der Waals surface area contributed by atoms with Crippen LogP contribution in [0.25, 0.3) is 21.5 Å². The lowest BCUT2D eigenvalue weighted by atomic mass is 9.90. The Morgan fingerprint density at radius 3 is 2.21 bits per heavy atom. The molecule has 0 spiro atoms. The van der Waals surface area contributed by atoms with E-state index in [1.54, 1.807) is 0 Å². The number of carbonyl (C=O) groups excluding carboxylic acids is 1. The van der Waals surface area contributed by atoms with Crippen LogP contribution in [0, 0.1) is 24.2 Å². The monoisotopic (exact) mass is 370 g/mol. The highest BCUT2D eigenvalue weighted by Crippen LogP contribution is 2.66. The highest BCUT2D eigenvalue weighted by Gasteiger charge is 2.64. The summed E-state index contributed by atoms with van der Waals surface area (Å²) >= 11 is 0. The summed E-state index contributed by atoms with van der Waals surface area (Å²) < 4.78 is 0. The van der Waals surface area contributed by atoms with Crippen molar-refractivity contribution in [3.8, 4) is 0 Å². The third kappa shape index (κ3) is 2.56. The number of aryl methyl sites for hydroxylation is 1. The van der Waals surface area contributed by atoms with Crippen LogP contribution >= 0.6 is 0 Å². The van der Waals surface area contributed by atoms with Crippen LogP contribution < -0.4 is 5.43 Å². The number of hydrogen-bond donors (Lipinski definition) is 1. The molecule has 0 radical (unpaired) electrons. The van der Waals surface area contributed by atoms with Gasteiger partial charge in [-0.2, -0.15) is 5.10 Å². The largest absolute Gasteiger partial charge is 0.273 e. The smallest absolute Gasteiger partial charge is 0.244 e. The number of rotatable bonds is 3. The molecule has 5 rings (SSSR count). The van der Waals surface area contributed by atoms with Crippen LogP contribution in [-0.2, 0) is 4.79 Å². The van der Waals surface area contributed by atoms with E-state index in [1.807, 2.05) is 6.21 Å². The first kappa shape index (κ1) is 17.4. The van der Waals surface area contributed by atoms with Crippen molar-refractivity contribution in [1.82, 2.24) is 5.43 Å². The van der Waals surface area contributed by atoms with Crippen LogP contribution in [0.4, 0.5) is 0 Å². The van der Waals surface area contributed by atoms with Gasteiger partial charge in [0.15, 0.2) is 0 Å². The molecule has 2 aliphatic carbocycles. The Balaban J connectivity index is 1.48. The molecule has 0 saturated heterocycles. The van der Waals surface area contributed by atoms with E-state index in [0.29, 0.717) is 5.92 Å².